The molecule has 2 aliphatic carbocycles. The van der Waals surface area contributed by atoms with Gasteiger partial charge in [-0.3, -0.25) is 4.79 Å². The molecule has 0 aliphatic heterocycles. The summed E-state index contributed by atoms with van der Waals surface area (Å²) >= 11 is 0. The van der Waals surface area contributed by atoms with Gasteiger partial charge in [0.05, 0.1) is 12.1 Å². The minimum Gasteiger partial charge on any atom is -0.394 e. The van der Waals surface area contributed by atoms with E-state index in [0.717, 1.165) is 37.7 Å². The van der Waals surface area contributed by atoms with Crippen LogP contribution in [0.4, 0.5) is 0 Å². The number of aliphatic hydroxyl groups is 1. The molecule has 118 valence electrons. The van der Waals surface area contributed by atoms with E-state index in [-0.39, 0.29) is 12.5 Å². The van der Waals surface area contributed by atoms with Gasteiger partial charge in [-0.25, -0.2) is 0 Å². The lowest BCUT2D eigenvalue weighted by Crippen LogP contribution is -2.49. The van der Waals surface area contributed by atoms with Gasteiger partial charge >= 0.3 is 0 Å². The standard InChI is InChI=1S/C20H21NO2/c22-13-20(11-1-2-12-20)21-19(23)17-10-9-15-6-3-5-14-7-4-8-16(17)18(14)15/h3-6,8-10,22H,1-2,7,11-13H2,(H,21,23). The second-order valence-electron chi connectivity index (χ2n) is 6.75. The summed E-state index contributed by atoms with van der Waals surface area (Å²) in [4.78, 5) is 12.9. The Kier molecular flexibility index (Phi) is 3.46. The molecule has 0 atom stereocenters. The molecule has 1 saturated carbocycles. The molecule has 0 unspecified atom stereocenters. The van der Waals surface area contributed by atoms with Crippen molar-refractivity contribution < 1.29 is 9.90 Å². The summed E-state index contributed by atoms with van der Waals surface area (Å²) in [6, 6.07) is 10.2. The van der Waals surface area contributed by atoms with Gasteiger partial charge in [-0.1, -0.05) is 49.3 Å². The van der Waals surface area contributed by atoms with Crippen molar-refractivity contribution in [2.45, 2.75) is 37.6 Å². The molecule has 2 aromatic rings. The second kappa shape index (κ2) is 5.50. The Bertz CT molecular complexity index is 801. The molecule has 0 heterocycles. The van der Waals surface area contributed by atoms with Crippen LogP contribution in [-0.2, 0) is 6.42 Å². The average molecular weight is 307 g/mol. The van der Waals surface area contributed by atoms with E-state index in [1.54, 1.807) is 0 Å². The molecule has 23 heavy (non-hydrogen) atoms. The molecule has 0 aromatic heterocycles. The lowest BCUT2D eigenvalue weighted by molar-refractivity contribution is 0.0838. The third-order valence-corrected chi connectivity index (χ3v) is 5.28. The molecule has 0 spiro atoms. The van der Waals surface area contributed by atoms with Crippen molar-refractivity contribution in [2.24, 2.45) is 0 Å². The number of benzene rings is 2. The summed E-state index contributed by atoms with van der Waals surface area (Å²) < 4.78 is 0. The van der Waals surface area contributed by atoms with Gasteiger partial charge in [0.25, 0.3) is 5.91 Å². The van der Waals surface area contributed by atoms with Crippen LogP contribution in [-0.4, -0.2) is 23.2 Å². The van der Waals surface area contributed by atoms with Gasteiger partial charge in [-0.05, 0) is 47.2 Å². The number of amides is 1. The molecule has 2 N–H and O–H groups in total. The first-order valence-corrected chi connectivity index (χ1v) is 8.37. The minimum atomic E-state index is -0.434. The van der Waals surface area contributed by atoms with Crippen LogP contribution in [0.15, 0.2) is 36.4 Å². The molecular formula is C20H21NO2. The largest absolute Gasteiger partial charge is 0.394 e. The maximum Gasteiger partial charge on any atom is 0.252 e. The lowest BCUT2D eigenvalue weighted by Gasteiger charge is -2.28. The Labute approximate surface area is 136 Å². The van der Waals surface area contributed by atoms with Crippen molar-refractivity contribution in [2.75, 3.05) is 6.61 Å². The van der Waals surface area contributed by atoms with Crippen molar-refractivity contribution in [1.82, 2.24) is 5.32 Å². The van der Waals surface area contributed by atoms with Gasteiger partial charge in [0.1, 0.15) is 0 Å². The first kappa shape index (κ1) is 14.5. The summed E-state index contributed by atoms with van der Waals surface area (Å²) in [6.07, 6.45) is 8.94. The van der Waals surface area contributed by atoms with E-state index in [1.165, 1.54) is 16.3 Å². The third kappa shape index (κ3) is 2.36. The molecule has 4 rings (SSSR count). The van der Waals surface area contributed by atoms with Gasteiger partial charge in [0.15, 0.2) is 0 Å². The Morgan fingerprint density at radius 3 is 2.78 bits per heavy atom. The number of allylic oxidation sites excluding steroid dienone is 1. The quantitative estimate of drug-likeness (QED) is 0.912. The fourth-order valence-corrected chi connectivity index (χ4v) is 4.01. The van der Waals surface area contributed by atoms with E-state index < -0.39 is 5.54 Å². The Morgan fingerprint density at radius 2 is 2.00 bits per heavy atom. The van der Waals surface area contributed by atoms with Gasteiger partial charge in [-0.15, -0.1) is 0 Å². The van der Waals surface area contributed by atoms with Crippen molar-refractivity contribution in [1.29, 1.82) is 0 Å². The molecule has 3 heteroatoms. The summed E-state index contributed by atoms with van der Waals surface area (Å²) in [5, 5.41) is 15.2. The predicted molar refractivity (Wildman–Crippen MR) is 92.4 cm³/mol. The highest BCUT2D eigenvalue weighted by atomic mass is 16.3. The molecule has 0 radical (unpaired) electrons. The van der Waals surface area contributed by atoms with Gasteiger partial charge in [0, 0.05) is 5.56 Å². The highest BCUT2D eigenvalue weighted by molar-refractivity contribution is 6.06. The van der Waals surface area contributed by atoms with E-state index in [9.17, 15) is 9.90 Å². The topological polar surface area (TPSA) is 49.3 Å². The van der Waals surface area contributed by atoms with Crippen LogP contribution in [0.2, 0.25) is 0 Å². The maximum absolute atomic E-state index is 12.9. The van der Waals surface area contributed by atoms with Crippen LogP contribution in [0.5, 0.6) is 0 Å². The molecule has 2 aliphatic rings. The minimum absolute atomic E-state index is 0.0166. The zero-order chi connectivity index (χ0) is 15.9. The van der Waals surface area contributed by atoms with E-state index in [0.29, 0.717) is 5.56 Å². The second-order valence-corrected chi connectivity index (χ2v) is 6.75. The van der Waals surface area contributed by atoms with Crippen LogP contribution in [0.25, 0.3) is 16.8 Å². The van der Waals surface area contributed by atoms with Crippen molar-refractivity contribution in [3.8, 4) is 0 Å². The van der Waals surface area contributed by atoms with E-state index in [2.05, 4.69) is 35.7 Å². The molecule has 0 saturated heterocycles. The fraction of sp³-hybridized carbons (Fsp3) is 0.350. The normalized spacial score (nSPS) is 18.3. The summed E-state index contributed by atoms with van der Waals surface area (Å²) in [5.41, 5.74) is 2.55. The lowest BCUT2D eigenvalue weighted by atomic mass is 9.89. The third-order valence-electron chi connectivity index (χ3n) is 5.28. The summed E-state index contributed by atoms with van der Waals surface area (Å²) in [5.74, 6) is -0.0702. The number of rotatable bonds is 3. The van der Waals surface area contributed by atoms with Crippen molar-refractivity contribution in [3.63, 3.8) is 0 Å². The van der Waals surface area contributed by atoms with Crippen LogP contribution in [0.3, 0.4) is 0 Å². The van der Waals surface area contributed by atoms with E-state index >= 15 is 0 Å². The molecular weight excluding hydrogens is 286 g/mol. The van der Waals surface area contributed by atoms with Crippen LogP contribution >= 0.6 is 0 Å². The number of carbonyl (C=O) groups is 1. The zero-order valence-electron chi connectivity index (χ0n) is 13.1. The molecule has 2 aromatic carbocycles. The summed E-state index contributed by atoms with van der Waals surface area (Å²) in [6.45, 7) is 0.0166. The SMILES string of the molecule is O=C(NC1(CO)CCCC1)c1ccc2cccc3c2c1C=CC3. The Morgan fingerprint density at radius 1 is 1.17 bits per heavy atom. The number of aliphatic hydroxyl groups excluding tert-OH is 1. The van der Waals surface area contributed by atoms with Gasteiger partial charge in [-0.2, -0.15) is 0 Å². The van der Waals surface area contributed by atoms with E-state index in [1.807, 2.05) is 12.1 Å². The summed E-state index contributed by atoms with van der Waals surface area (Å²) in [7, 11) is 0. The Hall–Kier alpha value is -2.13. The number of hydrogen-bond acceptors (Lipinski definition) is 2. The maximum atomic E-state index is 12.9. The fourth-order valence-electron chi connectivity index (χ4n) is 4.01. The highest BCUT2D eigenvalue weighted by Gasteiger charge is 2.35. The molecule has 1 amide bonds. The first-order chi connectivity index (χ1) is 11.2. The molecule has 0 bridgehead atoms. The molecule has 1 fully saturated rings. The van der Waals surface area contributed by atoms with Crippen molar-refractivity contribution >= 4 is 22.8 Å². The first-order valence-electron chi connectivity index (χ1n) is 8.37. The van der Waals surface area contributed by atoms with Crippen LogP contribution in [0.1, 0.15) is 47.2 Å². The van der Waals surface area contributed by atoms with Gasteiger partial charge in [0.2, 0.25) is 0 Å². The van der Waals surface area contributed by atoms with E-state index in [4.69, 9.17) is 0 Å². The van der Waals surface area contributed by atoms with Crippen LogP contribution < -0.4 is 5.32 Å². The van der Waals surface area contributed by atoms with Gasteiger partial charge < -0.3 is 10.4 Å². The molecule has 3 nitrogen and oxygen atoms in total. The van der Waals surface area contributed by atoms with Crippen LogP contribution in [0, 0.1) is 0 Å². The number of carbonyl (C=O) groups excluding carboxylic acids is 1. The number of hydrogen-bond donors (Lipinski definition) is 2. The Balaban J connectivity index is 1.76. The predicted octanol–water partition coefficient (Wildman–Crippen LogP) is 3.44. The van der Waals surface area contributed by atoms with Crippen molar-refractivity contribution in [3.05, 3.63) is 53.1 Å². The smallest absolute Gasteiger partial charge is 0.252 e. The monoisotopic (exact) mass is 307 g/mol. The highest BCUT2D eigenvalue weighted by Crippen LogP contribution is 2.33. The zero-order valence-corrected chi connectivity index (χ0v) is 13.1. The number of nitrogens with one attached hydrogen (secondary N) is 1. The average Bonchev–Trinajstić information content (AvgIpc) is 3.05.